The highest BCUT2D eigenvalue weighted by Crippen LogP contribution is 2.01. The largest absolute Gasteiger partial charge is 0.369 e. The van der Waals surface area contributed by atoms with Crippen LogP contribution in [0.2, 0.25) is 0 Å². The van der Waals surface area contributed by atoms with Gasteiger partial charge in [0.15, 0.2) is 5.69 Å². The molecule has 1 heterocycles. The van der Waals surface area contributed by atoms with Crippen LogP contribution in [0.25, 0.3) is 0 Å². The first kappa shape index (κ1) is 16.4. The van der Waals surface area contributed by atoms with Gasteiger partial charge in [-0.25, -0.2) is 0 Å². The van der Waals surface area contributed by atoms with Crippen LogP contribution >= 0.6 is 0 Å². The Morgan fingerprint density at radius 3 is 2.50 bits per heavy atom. The summed E-state index contributed by atoms with van der Waals surface area (Å²) in [6.45, 7) is 10.8. The van der Waals surface area contributed by atoms with Gasteiger partial charge in [0.25, 0.3) is 5.91 Å². The Kier molecular flexibility index (Phi) is 7.57. The first-order chi connectivity index (χ1) is 9.71. The molecule has 1 aromatic heterocycles. The van der Waals surface area contributed by atoms with Crippen molar-refractivity contribution < 1.29 is 4.79 Å². The van der Waals surface area contributed by atoms with Crippen LogP contribution in [0.5, 0.6) is 0 Å². The van der Waals surface area contributed by atoms with E-state index in [0.29, 0.717) is 18.1 Å². The van der Waals surface area contributed by atoms with Gasteiger partial charge in [-0.05, 0) is 45.1 Å². The molecule has 112 valence electrons. The number of anilines is 1. The summed E-state index contributed by atoms with van der Waals surface area (Å²) in [6, 6.07) is 3.45. The zero-order valence-electron chi connectivity index (χ0n) is 12.6. The van der Waals surface area contributed by atoms with Gasteiger partial charge in [0.05, 0.1) is 0 Å². The van der Waals surface area contributed by atoms with E-state index in [0.717, 1.165) is 32.6 Å². The molecule has 0 aliphatic carbocycles. The van der Waals surface area contributed by atoms with E-state index in [1.54, 1.807) is 12.1 Å². The topological polar surface area (TPSA) is 70.2 Å². The number of carbonyl (C=O) groups excluding carboxylic acids is 1. The fourth-order valence-corrected chi connectivity index (χ4v) is 1.86. The molecule has 20 heavy (non-hydrogen) atoms. The molecule has 0 aliphatic heterocycles. The van der Waals surface area contributed by atoms with Crippen LogP contribution in [0.4, 0.5) is 5.82 Å². The lowest BCUT2D eigenvalue weighted by molar-refractivity contribution is 0.0946. The lowest BCUT2D eigenvalue weighted by Crippen LogP contribution is -2.30. The summed E-state index contributed by atoms with van der Waals surface area (Å²) in [5.41, 5.74) is 0.356. The molecule has 6 heteroatoms. The molecule has 0 radical (unpaired) electrons. The number of aromatic nitrogens is 2. The zero-order chi connectivity index (χ0) is 14.8. The van der Waals surface area contributed by atoms with Crippen molar-refractivity contribution in [1.29, 1.82) is 0 Å². The Morgan fingerprint density at radius 1 is 1.20 bits per heavy atom. The fourth-order valence-electron chi connectivity index (χ4n) is 1.86. The summed E-state index contributed by atoms with van der Waals surface area (Å²) in [6.07, 6.45) is 0.941. The third kappa shape index (κ3) is 5.52. The van der Waals surface area contributed by atoms with Crippen LogP contribution in [0.3, 0.4) is 0 Å². The maximum atomic E-state index is 11.8. The second kappa shape index (κ2) is 9.25. The van der Waals surface area contributed by atoms with E-state index in [1.807, 2.05) is 6.92 Å². The highest BCUT2D eigenvalue weighted by Gasteiger charge is 2.07. The standard InChI is InChI=1S/C14H25N5O/c1-4-15-13-9-8-12(17-18-13)14(20)16-10-7-11-19(5-2)6-3/h8-9H,4-7,10-11H2,1-3H3,(H,15,18)(H,16,20). The molecule has 0 spiro atoms. The van der Waals surface area contributed by atoms with Crippen molar-refractivity contribution in [2.45, 2.75) is 27.2 Å². The van der Waals surface area contributed by atoms with Crippen LogP contribution < -0.4 is 10.6 Å². The van der Waals surface area contributed by atoms with Gasteiger partial charge in [0, 0.05) is 13.1 Å². The van der Waals surface area contributed by atoms with Crippen molar-refractivity contribution >= 4 is 11.7 Å². The first-order valence-electron chi connectivity index (χ1n) is 7.29. The minimum Gasteiger partial charge on any atom is -0.369 e. The number of rotatable bonds is 9. The van der Waals surface area contributed by atoms with E-state index in [4.69, 9.17) is 0 Å². The summed E-state index contributed by atoms with van der Waals surface area (Å²) in [7, 11) is 0. The summed E-state index contributed by atoms with van der Waals surface area (Å²) in [5, 5.41) is 13.8. The number of nitrogens with one attached hydrogen (secondary N) is 2. The zero-order valence-corrected chi connectivity index (χ0v) is 12.6. The molecule has 0 saturated carbocycles. The summed E-state index contributed by atoms with van der Waals surface area (Å²) in [5.74, 6) is 0.519. The maximum Gasteiger partial charge on any atom is 0.271 e. The van der Waals surface area contributed by atoms with E-state index in [9.17, 15) is 4.79 Å². The molecular formula is C14H25N5O. The SMILES string of the molecule is CCNc1ccc(C(=O)NCCCN(CC)CC)nn1. The van der Waals surface area contributed by atoms with Crippen LogP contribution in [-0.2, 0) is 0 Å². The molecule has 2 N–H and O–H groups in total. The van der Waals surface area contributed by atoms with Crippen molar-refractivity contribution in [3.05, 3.63) is 17.8 Å². The smallest absolute Gasteiger partial charge is 0.271 e. The Labute approximate surface area is 121 Å². The number of carbonyl (C=O) groups is 1. The van der Waals surface area contributed by atoms with Gasteiger partial charge in [-0.1, -0.05) is 13.8 Å². The molecule has 0 atom stereocenters. The van der Waals surface area contributed by atoms with E-state index in [2.05, 4.69) is 39.6 Å². The number of nitrogens with zero attached hydrogens (tertiary/aromatic N) is 3. The molecule has 0 bridgehead atoms. The third-order valence-corrected chi connectivity index (χ3v) is 3.09. The van der Waals surface area contributed by atoms with Crippen molar-refractivity contribution in [2.75, 3.05) is 38.0 Å². The van der Waals surface area contributed by atoms with Crippen LogP contribution in [0.15, 0.2) is 12.1 Å². The Morgan fingerprint density at radius 2 is 1.95 bits per heavy atom. The van der Waals surface area contributed by atoms with E-state index in [1.165, 1.54) is 0 Å². The first-order valence-corrected chi connectivity index (χ1v) is 7.29. The number of hydrogen-bond donors (Lipinski definition) is 2. The second-order valence-corrected chi connectivity index (χ2v) is 4.47. The summed E-state index contributed by atoms with van der Waals surface area (Å²) in [4.78, 5) is 14.2. The van der Waals surface area contributed by atoms with Crippen molar-refractivity contribution in [3.63, 3.8) is 0 Å². The molecule has 1 aromatic rings. The second-order valence-electron chi connectivity index (χ2n) is 4.47. The predicted octanol–water partition coefficient (Wildman–Crippen LogP) is 1.37. The van der Waals surface area contributed by atoms with Gasteiger partial charge < -0.3 is 15.5 Å². The lowest BCUT2D eigenvalue weighted by Gasteiger charge is -2.17. The normalized spacial score (nSPS) is 10.6. The van der Waals surface area contributed by atoms with Crippen molar-refractivity contribution in [3.8, 4) is 0 Å². The number of amides is 1. The van der Waals surface area contributed by atoms with Gasteiger partial charge >= 0.3 is 0 Å². The van der Waals surface area contributed by atoms with E-state index in [-0.39, 0.29) is 5.91 Å². The highest BCUT2D eigenvalue weighted by atomic mass is 16.1. The van der Waals surface area contributed by atoms with Crippen molar-refractivity contribution in [1.82, 2.24) is 20.4 Å². The molecular weight excluding hydrogens is 254 g/mol. The van der Waals surface area contributed by atoms with Gasteiger partial charge in [-0.15, -0.1) is 10.2 Å². The quantitative estimate of drug-likeness (QED) is 0.668. The Balaban J connectivity index is 2.32. The monoisotopic (exact) mass is 279 g/mol. The summed E-state index contributed by atoms with van der Waals surface area (Å²) < 4.78 is 0. The van der Waals surface area contributed by atoms with Crippen LogP contribution in [0.1, 0.15) is 37.7 Å². The summed E-state index contributed by atoms with van der Waals surface area (Å²) >= 11 is 0. The molecule has 0 fully saturated rings. The fraction of sp³-hybridized carbons (Fsp3) is 0.643. The van der Waals surface area contributed by atoms with Gasteiger partial charge in [-0.3, -0.25) is 4.79 Å². The van der Waals surface area contributed by atoms with Gasteiger partial charge in [-0.2, -0.15) is 0 Å². The lowest BCUT2D eigenvalue weighted by atomic mass is 10.3. The van der Waals surface area contributed by atoms with Crippen molar-refractivity contribution in [2.24, 2.45) is 0 Å². The Hall–Kier alpha value is -1.69. The minimum absolute atomic E-state index is 0.167. The third-order valence-electron chi connectivity index (χ3n) is 3.09. The van der Waals surface area contributed by atoms with Crippen LogP contribution in [0, 0.1) is 0 Å². The number of hydrogen-bond acceptors (Lipinski definition) is 5. The average molecular weight is 279 g/mol. The molecule has 1 amide bonds. The molecule has 0 aromatic carbocycles. The molecule has 1 rings (SSSR count). The molecule has 0 unspecified atom stereocenters. The van der Waals surface area contributed by atoms with E-state index < -0.39 is 0 Å². The van der Waals surface area contributed by atoms with E-state index >= 15 is 0 Å². The molecule has 6 nitrogen and oxygen atoms in total. The van der Waals surface area contributed by atoms with Gasteiger partial charge in [0.1, 0.15) is 5.82 Å². The highest BCUT2D eigenvalue weighted by molar-refractivity contribution is 5.92. The van der Waals surface area contributed by atoms with Crippen LogP contribution in [-0.4, -0.2) is 53.7 Å². The minimum atomic E-state index is -0.167. The maximum absolute atomic E-state index is 11.8. The van der Waals surface area contributed by atoms with Gasteiger partial charge in [0.2, 0.25) is 0 Å². The Bertz CT molecular complexity index is 389. The predicted molar refractivity (Wildman–Crippen MR) is 80.9 cm³/mol. The average Bonchev–Trinajstić information content (AvgIpc) is 2.48. The molecule has 0 aliphatic rings. The molecule has 0 saturated heterocycles.